The SMILES string of the molecule is CC(C)Oc1ccccc1[C@@H]1COCCN1[C@H]1CC2(CCN(c3ccc(C(=O)NS(=O)(=O)c4cc5c(c([N+](=O)[O-])c4)N[C@@H](C4(F)CCC(C)(O)CC4)CO5)c(N4c5cc6cc[nH]c6nc5O[C@H]5COCC[C@@H]54)c3)CC2)[C@H]1C. The molecule has 6 atom stereocenters. The van der Waals surface area contributed by atoms with Crippen molar-refractivity contribution in [3.63, 3.8) is 0 Å². The van der Waals surface area contributed by atoms with E-state index in [9.17, 15) is 28.4 Å². The number of nitro groups is 1. The Bertz CT molecular complexity index is 3210. The fourth-order valence-electron chi connectivity index (χ4n) is 13.4. The molecule has 5 aromatic rings. The number of aromatic nitrogens is 2. The smallest absolute Gasteiger partial charge is 0.297 e. The van der Waals surface area contributed by atoms with Gasteiger partial charge < -0.3 is 48.9 Å². The zero-order valence-corrected chi connectivity index (χ0v) is 44.7. The number of carbonyl (C=O) groups excluding carboxylic acids is 1. The second kappa shape index (κ2) is 19.6. The van der Waals surface area contributed by atoms with Gasteiger partial charge in [-0.2, -0.15) is 4.98 Å². The number of benzene rings is 3. The van der Waals surface area contributed by atoms with Crippen LogP contribution in [0.2, 0.25) is 0 Å². The van der Waals surface area contributed by atoms with Gasteiger partial charge in [0.15, 0.2) is 11.4 Å². The van der Waals surface area contributed by atoms with Gasteiger partial charge in [0.2, 0.25) is 5.88 Å². The summed E-state index contributed by atoms with van der Waals surface area (Å²) >= 11 is 0. The number of morpholine rings is 1. The number of pyridine rings is 1. The Morgan fingerprint density at radius 2 is 1.74 bits per heavy atom. The van der Waals surface area contributed by atoms with Crippen LogP contribution in [0.3, 0.4) is 0 Å². The number of piperidine rings is 1. The number of nitrogens with zero attached hydrogens (tertiary/aromatic N) is 5. The maximum absolute atomic E-state index is 16.4. The van der Waals surface area contributed by atoms with Crippen molar-refractivity contribution in [2.45, 2.75) is 132 Å². The molecule has 12 rings (SSSR count). The molecule has 21 heteroatoms. The summed E-state index contributed by atoms with van der Waals surface area (Å²) in [6.07, 6.45) is 5.28. The van der Waals surface area contributed by atoms with E-state index in [4.69, 9.17) is 28.7 Å². The average Bonchev–Trinajstić information content (AvgIpc) is 4.06. The Kier molecular flexibility index (Phi) is 13.1. The molecule has 2 aromatic heterocycles. The van der Waals surface area contributed by atoms with Crippen LogP contribution in [0.1, 0.15) is 101 Å². The van der Waals surface area contributed by atoms with Crippen molar-refractivity contribution in [2.75, 3.05) is 67.8 Å². The minimum atomic E-state index is -4.81. The number of para-hydroxylation sites is 1. The van der Waals surface area contributed by atoms with Crippen molar-refractivity contribution < 1.29 is 51.3 Å². The zero-order valence-electron chi connectivity index (χ0n) is 43.8. The number of ether oxygens (including phenoxy) is 5. The van der Waals surface area contributed by atoms with E-state index in [0.717, 1.165) is 73.4 Å². The van der Waals surface area contributed by atoms with E-state index < -0.39 is 54.9 Å². The molecule has 7 aliphatic rings. The third kappa shape index (κ3) is 9.38. The molecule has 4 N–H and O–H groups in total. The quantitative estimate of drug-likeness (QED) is 0.0721. The fourth-order valence-corrected chi connectivity index (χ4v) is 14.4. The molecule has 3 aromatic carbocycles. The van der Waals surface area contributed by atoms with Crippen molar-refractivity contribution in [1.82, 2.24) is 19.6 Å². The third-order valence-electron chi connectivity index (χ3n) is 17.9. The number of hydrogen-bond acceptors (Lipinski definition) is 16. The van der Waals surface area contributed by atoms with E-state index in [-0.39, 0.29) is 79.5 Å². The molecule has 3 saturated heterocycles. The van der Waals surface area contributed by atoms with Gasteiger partial charge in [-0.05, 0) is 120 Å². The first-order chi connectivity index (χ1) is 36.9. The van der Waals surface area contributed by atoms with Gasteiger partial charge in [0.05, 0.1) is 70.7 Å². The normalized spacial score (nSPS) is 29.0. The number of fused-ring (bicyclic) bond motifs is 4. The molecular weight excluding hydrogens is 1010 g/mol. The summed E-state index contributed by atoms with van der Waals surface area (Å²) in [6.45, 7) is 12.3. The Morgan fingerprint density at radius 3 is 2.51 bits per heavy atom. The van der Waals surface area contributed by atoms with Crippen molar-refractivity contribution in [3.8, 4) is 17.4 Å². The third-order valence-corrected chi connectivity index (χ3v) is 19.2. The van der Waals surface area contributed by atoms with E-state index in [2.05, 4.69) is 49.9 Å². The summed E-state index contributed by atoms with van der Waals surface area (Å²) in [5.74, 6) is 0.530. The highest BCUT2D eigenvalue weighted by atomic mass is 32.2. The van der Waals surface area contributed by atoms with Gasteiger partial charge >= 0.3 is 0 Å². The predicted octanol–water partition coefficient (Wildman–Crippen LogP) is 8.34. The molecule has 1 amide bonds. The first-order valence-electron chi connectivity index (χ1n) is 27.1. The number of aliphatic hydroxyl groups is 1. The van der Waals surface area contributed by atoms with Crippen molar-refractivity contribution in [1.29, 1.82) is 0 Å². The van der Waals surface area contributed by atoms with E-state index >= 15 is 4.39 Å². The number of amides is 1. The van der Waals surface area contributed by atoms with Crippen molar-refractivity contribution in [3.05, 3.63) is 94.2 Å². The van der Waals surface area contributed by atoms with Crippen LogP contribution >= 0.6 is 0 Å². The van der Waals surface area contributed by atoms with Gasteiger partial charge in [-0.25, -0.2) is 17.5 Å². The molecule has 77 heavy (non-hydrogen) atoms. The van der Waals surface area contributed by atoms with Crippen LogP contribution in [-0.4, -0.2) is 133 Å². The number of anilines is 4. The minimum Gasteiger partial charge on any atom is -0.491 e. The number of nitro benzene ring substituents is 1. The second-order valence-corrected chi connectivity index (χ2v) is 24.6. The van der Waals surface area contributed by atoms with E-state index in [0.29, 0.717) is 61.1 Å². The number of hydrogen-bond donors (Lipinski definition) is 4. The van der Waals surface area contributed by atoms with Crippen LogP contribution in [-0.2, 0) is 19.5 Å². The summed E-state index contributed by atoms with van der Waals surface area (Å²) in [7, 11) is -4.81. The first kappa shape index (κ1) is 51.5. The lowest BCUT2D eigenvalue weighted by atomic mass is 9.53. The van der Waals surface area contributed by atoms with Crippen molar-refractivity contribution >= 4 is 55.4 Å². The lowest BCUT2D eigenvalue weighted by Crippen LogP contribution is -2.63. The van der Waals surface area contributed by atoms with Gasteiger partial charge in [0, 0.05) is 67.2 Å². The predicted molar refractivity (Wildman–Crippen MR) is 286 cm³/mol. The second-order valence-electron chi connectivity index (χ2n) is 22.9. The largest absolute Gasteiger partial charge is 0.491 e. The maximum atomic E-state index is 16.4. The van der Waals surface area contributed by atoms with Crippen LogP contribution in [0, 0.1) is 21.4 Å². The number of rotatable bonds is 11. The number of carbonyl (C=O) groups is 1. The van der Waals surface area contributed by atoms with E-state index in [1.54, 1.807) is 19.2 Å². The average molecular weight is 1080 g/mol. The molecule has 19 nitrogen and oxygen atoms in total. The Balaban J connectivity index is 0.836. The molecule has 410 valence electrons. The fraction of sp³-hybridized carbons (Fsp3) is 0.536. The summed E-state index contributed by atoms with van der Waals surface area (Å²) < 4.78 is 78.2. The molecule has 5 fully saturated rings. The number of halogens is 1. The summed E-state index contributed by atoms with van der Waals surface area (Å²) in [5.41, 5.74) is 0.168. The Labute approximate surface area is 446 Å². The van der Waals surface area contributed by atoms with Crippen LogP contribution < -0.4 is 34.0 Å². The maximum Gasteiger partial charge on any atom is 0.297 e. The highest BCUT2D eigenvalue weighted by Gasteiger charge is 2.56. The molecule has 0 bridgehead atoms. The van der Waals surface area contributed by atoms with Crippen LogP contribution in [0.4, 0.5) is 32.8 Å². The van der Waals surface area contributed by atoms with E-state index in [1.807, 2.05) is 49.1 Å². The standard InChI is InChI=1S/C56H67FN8O11S/c1-33(2)75-46-8-6-5-7-38(46)45-30-73-24-22-63(45)44-29-55(34(44)3)17-20-62(21-18-55)36-9-10-39(41(26-36)64-40-12-23-72-31-48(40)76-53-43(64)25-35-11-19-58-51(35)60-53)52(66)61-77(70,71)37-27-42(65(68)69)50-47(28-37)74-32-49(59-50)56(57)15-13-54(4,67)14-16-56/h5-11,19,25-28,33-34,40,44-45,48-49,59,67H,12-18,20-24,29-32H2,1-4H3,(H,58,60)(H,61,66)/t34-,40-,44-,45-,48-,49+,54?,56?/m0/s1. The van der Waals surface area contributed by atoms with Gasteiger partial charge in [-0.15, -0.1) is 0 Å². The van der Waals surface area contributed by atoms with Gasteiger partial charge in [0.1, 0.15) is 35.5 Å². The van der Waals surface area contributed by atoms with Crippen LogP contribution in [0.5, 0.6) is 17.4 Å². The van der Waals surface area contributed by atoms with Gasteiger partial charge in [0.25, 0.3) is 21.6 Å². The van der Waals surface area contributed by atoms with E-state index in [1.165, 1.54) is 0 Å². The number of nitrogens with one attached hydrogen (secondary N) is 3. The minimum absolute atomic E-state index is 0.00462. The van der Waals surface area contributed by atoms with Gasteiger partial charge in [-0.1, -0.05) is 25.1 Å². The summed E-state index contributed by atoms with van der Waals surface area (Å²) in [6, 6.07) is 18.7. The lowest BCUT2D eigenvalue weighted by molar-refractivity contribution is -0.384. The number of aromatic amines is 1. The number of alkyl halides is 1. The van der Waals surface area contributed by atoms with Crippen molar-refractivity contribution in [2.24, 2.45) is 11.3 Å². The summed E-state index contributed by atoms with van der Waals surface area (Å²) in [5, 5.41) is 26.8. The molecule has 7 heterocycles. The highest BCUT2D eigenvalue weighted by molar-refractivity contribution is 7.90. The van der Waals surface area contributed by atoms with Crippen LogP contribution in [0.25, 0.3) is 11.0 Å². The topological polar surface area (TPSA) is 223 Å². The number of H-pyrrole nitrogens is 1. The summed E-state index contributed by atoms with van der Waals surface area (Å²) in [4.78, 5) is 41.2. The monoisotopic (exact) mass is 1080 g/mol. The molecule has 2 saturated carbocycles. The Morgan fingerprint density at radius 1 is 0.961 bits per heavy atom. The lowest BCUT2D eigenvalue weighted by Gasteiger charge is -2.62. The highest BCUT2D eigenvalue weighted by Crippen LogP contribution is 2.58. The van der Waals surface area contributed by atoms with Crippen LogP contribution in [0.15, 0.2) is 77.8 Å². The number of sulfonamides is 1. The zero-order chi connectivity index (χ0) is 53.6. The molecule has 1 spiro atoms. The first-order valence-corrected chi connectivity index (χ1v) is 28.6. The molecule has 2 aliphatic carbocycles. The van der Waals surface area contributed by atoms with Gasteiger partial charge in [-0.3, -0.25) is 19.8 Å². The molecule has 5 aliphatic heterocycles. The molecule has 0 unspecified atom stereocenters. The molecular formula is C56H67FN8O11S. The molecule has 0 radical (unpaired) electrons. The Hall–Kier alpha value is -6.26.